The van der Waals surface area contributed by atoms with Gasteiger partial charge < -0.3 is 16.2 Å². The van der Waals surface area contributed by atoms with Crippen LogP contribution >= 0.6 is 0 Å². The van der Waals surface area contributed by atoms with E-state index >= 15 is 0 Å². The van der Waals surface area contributed by atoms with Gasteiger partial charge in [-0.05, 0) is 25.0 Å². The highest BCUT2D eigenvalue weighted by Crippen LogP contribution is 2.28. The van der Waals surface area contributed by atoms with E-state index in [-0.39, 0.29) is 11.3 Å². The third-order valence-corrected chi connectivity index (χ3v) is 3.68. The molecule has 2 rings (SSSR count). The number of carbonyl (C=O) groups is 2. The number of nitrogens with two attached hydrogens (primary N) is 1. The van der Waals surface area contributed by atoms with Gasteiger partial charge >= 0.3 is 5.97 Å². The average Bonchev–Trinajstić information content (AvgIpc) is 2.41. The molecule has 0 spiro atoms. The van der Waals surface area contributed by atoms with Gasteiger partial charge in [-0.25, -0.2) is 9.18 Å². The Hall–Kier alpha value is -1.95. The van der Waals surface area contributed by atoms with E-state index in [0.29, 0.717) is 12.8 Å². The van der Waals surface area contributed by atoms with Crippen LogP contribution in [0, 0.1) is 5.82 Å². The Morgan fingerprint density at radius 2 is 1.90 bits per heavy atom. The number of benzene rings is 1. The standard InChI is InChI=1S/C14H17FN2O3/c15-10-6-4-5-9(12(18)19)11(10)17-13(20)14(16)7-2-1-3-8-14/h4-6H,1-3,7-8,16H2,(H,17,20)(H,18,19). The lowest BCUT2D eigenvalue weighted by atomic mass is 9.82. The first kappa shape index (κ1) is 14.5. The van der Waals surface area contributed by atoms with Gasteiger partial charge in [0.2, 0.25) is 5.91 Å². The quantitative estimate of drug-likeness (QED) is 0.790. The lowest BCUT2D eigenvalue weighted by Gasteiger charge is -2.32. The Bertz CT molecular complexity index is 539. The van der Waals surface area contributed by atoms with Crippen LogP contribution in [-0.4, -0.2) is 22.5 Å². The maximum absolute atomic E-state index is 13.7. The Kier molecular flexibility index (Phi) is 4.04. The van der Waals surface area contributed by atoms with E-state index in [1.165, 1.54) is 12.1 Å². The topological polar surface area (TPSA) is 92.4 Å². The molecule has 0 bridgehead atoms. The number of carboxylic acid groups (broad SMARTS) is 1. The number of carboxylic acids is 1. The summed E-state index contributed by atoms with van der Waals surface area (Å²) in [5.41, 5.74) is 4.40. The predicted octanol–water partition coefficient (Wildman–Crippen LogP) is 2.12. The Balaban J connectivity index is 2.25. The van der Waals surface area contributed by atoms with Gasteiger partial charge in [-0.2, -0.15) is 0 Å². The van der Waals surface area contributed by atoms with Crippen LogP contribution in [0.2, 0.25) is 0 Å². The molecule has 108 valence electrons. The van der Waals surface area contributed by atoms with Crippen LogP contribution in [-0.2, 0) is 4.79 Å². The van der Waals surface area contributed by atoms with Gasteiger partial charge in [0.15, 0.2) is 0 Å². The molecule has 0 atom stereocenters. The molecule has 0 aliphatic heterocycles. The molecule has 1 aliphatic rings. The molecule has 1 amide bonds. The van der Waals surface area contributed by atoms with Crippen LogP contribution in [0.15, 0.2) is 18.2 Å². The number of para-hydroxylation sites is 1. The first-order valence-electron chi connectivity index (χ1n) is 6.56. The Labute approximate surface area is 116 Å². The maximum Gasteiger partial charge on any atom is 0.337 e. The van der Waals surface area contributed by atoms with E-state index in [4.69, 9.17) is 10.8 Å². The van der Waals surface area contributed by atoms with Crippen LogP contribution in [0.3, 0.4) is 0 Å². The average molecular weight is 280 g/mol. The summed E-state index contributed by atoms with van der Waals surface area (Å²) in [5.74, 6) is -2.60. The van der Waals surface area contributed by atoms with Gasteiger partial charge in [0.05, 0.1) is 16.8 Å². The lowest BCUT2D eigenvalue weighted by molar-refractivity contribution is -0.122. The molecule has 0 unspecified atom stereocenters. The van der Waals surface area contributed by atoms with Gasteiger partial charge in [0.25, 0.3) is 0 Å². The van der Waals surface area contributed by atoms with Gasteiger partial charge in [-0.1, -0.05) is 25.3 Å². The Morgan fingerprint density at radius 3 is 2.50 bits per heavy atom. The summed E-state index contributed by atoms with van der Waals surface area (Å²) in [7, 11) is 0. The second kappa shape index (κ2) is 5.58. The summed E-state index contributed by atoms with van der Waals surface area (Å²) in [4.78, 5) is 23.3. The monoisotopic (exact) mass is 280 g/mol. The molecular formula is C14H17FN2O3. The number of carbonyl (C=O) groups excluding carboxylic acids is 1. The third kappa shape index (κ3) is 2.80. The minimum absolute atomic E-state index is 0.280. The molecule has 20 heavy (non-hydrogen) atoms. The summed E-state index contributed by atoms with van der Waals surface area (Å²) in [6, 6.07) is 3.63. The molecule has 0 aromatic heterocycles. The molecule has 4 N–H and O–H groups in total. The SMILES string of the molecule is NC1(C(=O)Nc2c(F)cccc2C(=O)O)CCCCC1. The maximum atomic E-state index is 13.7. The van der Waals surface area contributed by atoms with E-state index < -0.39 is 23.2 Å². The van der Waals surface area contributed by atoms with Crippen molar-refractivity contribution in [2.75, 3.05) is 5.32 Å². The minimum atomic E-state index is -1.30. The highest BCUT2D eigenvalue weighted by molar-refractivity contribution is 6.03. The fourth-order valence-electron chi connectivity index (χ4n) is 2.48. The zero-order valence-corrected chi connectivity index (χ0v) is 11.0. The number of rotatable bonds is 3. The minimum Gasteiger partial charge on any atom is -0.478 e. The highest BCUT2D eigenvalue weighted by atomic mass is 19.1. The van der Waals surface area contributed by atoms with Crippen molar-refractivity contribution < 1.29 is 19.1 Å². The number of aromatic carboxylic acids is 1. The fraction of sp³-hybridized carbons (Fsp3) is 0.429. The highest BCUT2D eigenvalue weighted by Gasteiger charge is 2.36. The molecule has 1 fully saturated rings. The molecule has 1 aromatic carbocycles. The van der Waals surface area contributed by atoms with E-state index in [9.17, 15) is 14.0 Å². The second-order valence-corrected chi connectivity index (χ2v) is 5.14. The summed E-state index contributed by atoms with van der Waals surface area (Å²) in [6.07, 6.45) is 3.75. The van der Waals surface area contributed by atoms with Crippen molar-refractivity contribution in [3.05, 3.63) is 29.6 Å². The molecular weight excluding hydrogens is 263 g/mol. The fourth-order valence-corrected chi connectivity index (χ4v) is 2.48. The van der Waals surface area contributed by atoms with E-state index in [2.05, 4.69) is 5.32 Å². The number of halogens is 1. The normalized spacial score (nSPS) is 17.5. The van der Waals surface area contributed by atoms with E-state index in [1.54, 1.807) is 0 Å². The van der Waals surface area contributed by atoms with Crippen LogP contribution in [0.4, 0.5) is 10.1 Å². The number of hydrogen-bond donors (Lipinski definition) is 3. The molecule has 0 heterocycles. The van der Waals surface area contributed by atoms with Gasteiger partial charge in [-0.3, -0.25) is 4.79 Å². The summed E-state index contributed by atoms with van der Waals surface area (Å²) >= 11 is 0. The summed E-state index contributed by atoms with van der Waals surface area (Å²) in [5, 5.41) is 11.4. The molecule has 1 aromatic rings. The number of anilines is 1. The van der Waals surface area contributed by atoms with Crippen molar-refractivity contribution >= 4 is 17.6 Å². The number of hydrogen-bond acceptors (Lipinski definition) is 3. The molecule has 6 heteroatoms. The van der Waals surface area contributed by atoms with Crippen LogP contribution in [0.5, 0.6) is 0 Å². The van der Waals surface area contributed by atoms with Crippen molar-refractivity contribution in [1.82, 2.24) is 0 Å². The third-order valence-electron chi connectivity index (χ3n) is 3.68. The molecule has 5 nitrogen and oxygen atoms in total. The van der Waals surface area contributed by atoms with Crippen molar-refractivity contribution in [3.8, 4) is 0 Å². The number of nitrogens with one attached hydrogen (secondary N) is 1. The molecule has 1 saturated carbocycles. The zero-order valence-electron chi connectivity index (χ0n) is 11.0. The Morgan fingerprint density at radius 1 is 1.25 bits per heavy atom. The molecule has 0 radical (unpaired) electrons. The molecule has 0 saturated heterocycles. The number of amides is 1. The van der Waals surface area contributed by atoms with E-state index in [1.807, 2.05) is 0 Å². The summed E-state index contributed by atoms with van der Waals surface area (Å²) < 4.78 is 13.7. The summed E-state index contributed by atoms with van der Waals surface area (Å²) in [6.45, 7) is 0. The largest absolute Gasteiger partial charge is 0.478 e. The van der Waals surface area contributed by atoms with Crippen LogP contribution < -0.4 is 11.1 Å². The second-order valence-electron chi connectivity index (χ2n) is 5.14. The lowest BCUT2D eigenvalue weighted by Crippen LogP contribution is -2.52. The van der Waals surface area contributed by atoms with Crippen molar-refractivity contribution in [2.45, 2.75) is 37.6 Å². The van der Waals surface area contributed by atoms with Crippen LogP contribution in [0.25, 0.3) is 0 Å². The smallest absolute Gasteiger partial charge is 0.337 e. The van der Waals surface area contributed by atoms with Crippen molar-refractivity contribution in [3.63, 3.8) is 0 Å². The van der Waals surface area contributed by atoms with Gasteiger partial charge in [-0.15, -0.1) is 0 Å². The first-order valence-corrected chi connectivity index (χ1v) is 6.56. The van der Waals surface area contributed by atoms with Crippen LogP contribution in [0.1, 0.15) is 42.5 Å². The van der Waals surface area contributed by atoms with Gasteiger partial charge in [0.1, 0.15) is 5.82 Å². The first-order chi connectivity index (χ1) is 9.44. The molecule has 1 aliphatic carbocycles. The van der Waals surface area contributed by atoms with E-state index in [0.717, 1.165) is 25.3 Å². The predicted molar refractivity (Wildman–Crippen MR) is 72.0 cm³/mol. The van der Waals surface area contributed by atoms with Crippen molar-refractivity contribution in [2.24, 2.45) is 5.73 Å². The van der Waals surface area contributed by atoms with Gasteiger partial charge in [0, 0.05) is 0 Å². The van der Waals surface area contributed by atoms with Crippen molar-refractivity contribution in [1.29, 1.82) is 0 Å². The zero-order chi connectivity index (χ0) is 14.8.